The van der Waals surface area contributed by atoms with Gasteiger partial charge < -0.3 is 5.11 Å². The molecule has 1 aliphatic rings. The highest BCUT2D eigenvalue weighted by Crippen LogP contribution is 2.39. The summed E-state index contributed by atoms with van der Waals surface area (Å²) in [5.74, 6) is -2.77. The number of primary sulfonamides is 1. The van der Waals surface area contributed by atoms with Crippen LogP contribution in [0.15, 0.2) is 64.9 Å². The van der Waals surface area contributed by atoms with E-state index in [4.69, 9.17) is 10.2 Å². The van der Waals surface area contributed by atoms with Gasteiger partial charge in [-0.1, -0.05) is 12.1 Å². The van der Waals surface area contributed by atoms with Crippen molar-refractivity contribution in [1.29, 1.82) is 0 Å². The fourth-order valence-corrected chi connectivity index (χ4v) is 6.48. The van der Waals surface area contributed by atoms with E-state index in [1.54, 1.807) is 29.8 Å². The van der Waals surface area contributed by atoms with Crippen LogP contribution in [0.4, 0.5) is 13.2 Å². The molecule has 0 atom stereocenters. The molecule has 0 radical (unpaired) electrons. The summed E-state index contributed by atoms with van der Waals surface area (Å²) >= 11 is 1.10. The van der Waals surface area contributed by atoms with Crippen LogP contribution in [0.25, 0.3) is 27.5 Å². The number of carboxylic acid groups (broad SMARTS) is 1. The lowest BCUT2D eigenvalue weighted by molar-refractivity contribution is 0.0691. The molecule has 0 saturated heterocycles. The fourth-order valence-electron chi connectivity index (χ4n) is 5.12. The molecule has 0 aliphatic heterocycles. The van der Waals surface area contributed by atoms with Crippen LogP contribution in [0.2, 0.25) is 0 Å². The molecule has 44 heavy (non-hydrogen) atoms. The van der Waals surface area contributed by atoms with Crippen molar-refractivity contribution in [2.24, 2.45) is 11.1 Å². The van der Waals surface area contributed by atoms with E-state index in [0.717, 1.165) is 42.0 Å². The van der Waals surface area contributed by atoms with Crippen LogP contribution in [0.1, 0.15) is 45.7 Å². The summed E-state index contributed by atoms with van der Waals surface area (Å²) in [5, 5.41) is 21.2. The molecular formula is C31H25F3N4O4S2. The monoisotopic (exact) mass is 638 g/mol. The largest absolute Gasteiger partial charge is 0.476 e. The molecule has 226 valence electrons. The average molecular weight is 639 g/mol. The Labute approximate surface area is 254 Å². The molecule has 3 aromatic carbocycles. The van der Waals surface area contributed by atoms with Crippen LogP contribution in [0.3, 0.4) is 0 Å². The second-order valence-electron chi connectivity index (χ2n) is 10.8. The maximum atomic E-state index is 15.2. The van der Waals surface area contributed by atoms with Gasteiger partial charge in [-0.05, 0) is 91.3 Å². The zero-order chi connectivity index (χ0) is 31.3. The molecule has 3 N–H and O–H groups in total. The number of aromatic carboxylic acids is 1. The summed E-state index contributed by atoms with van der Waals surface area (Å²) in [6.07, 6.45) is 2.67. The Bertz CT molecular complexity index is 2050. The molecule has 0 bridgehead atoms. The fraction of sp³-hybridized carbons (Fsp3) is 0.194. The predicted octanol–water partition coefficient (Wildman–Crippen LogP) is 6.28. The van der Waals surface area contributed by atoms with E-state index in [9.17, 15) is 27.1 Å². The van der Waals surface area contributed by atoms with Crippen LogP contribution in [-0.4, -0.2) is 34.3 Å². The van der Waals surface area contributed by atoms with Crippen molar-refractivity contribution in [3.63, 3.8) is 0 Å². The van der Waals surface area contributed by atoms with Gasteiger partial charge in [-0.25, -0.2) is 41.2 Å². The topological polar surface area (TPSA) is 128 Å². The lowest BCUT2D eigenvalue weighted by Crippen LogP contribution is -2.14. The van der Waals surface area contributed by atoms with E-state index in [0.29, 0.717) is 51.0 Å². The number of thiazole rings is 1. The molecular weight excluding hydrogens is 613 g/mol. The van der Waals surface area contributed by atoms with Crippen LogP contribution in [0, 0.1) is 30.3 Å². The minimum Gasteiger partial charge on any atom is -0.476 e. The summed E-state index contributed by atoms with van der Waals surface area (Å²) in [4.78, 5) is 15.2. The van der Waals surface area contributed by atoms with Crippen molar-refractivity contribution < 1.29 is 31.5 Å². The van der Waals surface area contributed by atoms with Gasteiger partial charge in [0.2, 0.25) is 15.2 Å². The van der Waals surface area contributed by atoms with E-state index in [2.05, 4.69) is 4.98 Å². The average Bonchev–Trinajstić information content (AvgIpc) is 3.52. The van der Waals surface area contributed by atoms with Gasteiger partial charge in [0.25, 0.3) is 0 Å². The molecule has 13 heteroatoms. The zero-order valence-electron chi connectivity index (χ0n) is 23.2. The summed E-state index contributed by atoms with van der Waals surface area (Å²) < 4.78 is 69.2. The van der Waals surface area contributed by atoms with Gasteiger partial charge in [0.1, 0.15) is 22.3 Å². The SMILES string of the molecule is Cc1cc(-c2cc(-c3nn(-c4nc(C(=O)O)cs4)c(CC4CC4)c3Cc3ccc(S(N)(=O)=O)c(F)c3)ccc2F)ccc1F. The van der Waals surface area contributed by atoms with Gasteiger partial charge in [-0.2, -0.15) is 5.10 Å². The van der Waals surface area contributed by atoms with Gasteiger partial charge in [0, 0.05) is 28.5 Å². The van der Waals surface area contributed by atoms with Crippen molar-refractivity contribution in [2.75, 3.05) is 0 Å². The molecule has 1 saturated carbocycles. The first-order chi connectivity index (χ1) is 20.9. The number of halogens is 3. The normalized spacial score (nSPS) is 13.4. The zero-order valence-corrected chi connectivity index (χ0v) is 24.9. The maximum absolute atomic E-state index is 15.2. The molecule has 1 aliphatic carbocycles. The van der Waals surface area contributed by atoms with Gasteiger partial charge in [-0.15, -0.1) is 11.3 Å². The second-order valence-corrected chi connectivity index (χ2v) is 13.2. The lowest BCUT2D eigenvalue weighted by Gasteiger charge is -2.11. The van der Waals surface area contributed by atoms with E-state index in [-0.39, 0.29) is 17.7 Å². The number of aromatic nitrogens is 3. The van der Waals surface area contributed by atoms with Gasteiger partial charge >= 0.3 is 5.97 Å². The number of aryl methyl sites for hydroxylation is 1. The van der Waals surface area contributed by atoms with Crippen LogP contribution in [-0.2, 0) is 22.9 Å². The van der Waals surface area contributed by atoms with Crippen LogP contribution >= 0.6 is 11.3 Å². The molecule has 2 heterocycles. The Morgan fingerprint density at radius 2 is 1.75 bits per heavy atom. The molecule has 2 aromatic heterocycles. The Hall–Kier alpha value is -4.33. The second kappa shape index (κ2) is 11.3. The van der Waals surface area contributed by atoms with Crippen LogP contribution in [0.5, 0.6) is 0 Å². The number of rotatable bonds is 9. The third-order valence-electron chi connectivity index (χ3n) is 7.55. The first kappa shape index (κ1) is 29.7. The smallest absolute Gasteiger partial charge is 0.355 e. The summed E-state index contributed by atoms with van der Waals surface area (Å²) in [6.45, 7) is 1.59. The minimum absolute atomic E-state index is 0.124. The number of sulfonamides is 1. The number of hydrogen-bond donors (Lipinski definition) is 2. The number of nitrogens with two attached hydrogens (primary N) is 1. The van der Waals surface area contributed by atoms with Gasteiger partial charge in [0.15, 0.2) is 5.69 Å². The molecule has 0 spiro atoms. The Morgan fingerprint density at radius 1 is 1.02 bits per heavy atom. The summed E-state index contributed by atoms with van der Waals surface area (Å²) in [6, 6.07) is 12.4. The molecule has 6 rings (SSSR count). The number of benzene rings is 3. The predicted molar refractivity (Wildman–Crippen MR) is 159 cm³/mol. The quantitative estimate of drug-likeness (QED) is 0.196. The van der Waals surface area contributed by atoms with E-state index in [1.165, 1.54) is 29.6 Å². The van der Waals surface area contributed by atoms with Gasteiger partial charge in [-0.3, -0.25) is 0 Å². The summed E-state index contributed by atoms with van der Waals surface area (Å²) in [5.41, 5.74) is 3.69. The first-order valence-corrected chi connectivity index (χ1v) is 16.0. The van der Waals surface area contributed by atoms with Crippen molar-refractivity contribution in [3.8, 4) is 27.5 Å². The highest BCUT2D eigenvalue weighted by Gasteiger charge is 2.30. The molecule has 8 nitrogen and oxygen atoms in total. The van der Waals surface area contributed by atoms with E-state index in [1.807, 2.05) is 0 Å². The molecule has 5 aromatic rings. The molecule has 1 fully saturated rings. The van der Waals surface area contributed by atoms with Gasteiger partial charge in [0.05, 0.1) is 11.4 Å². The molecule has 0 amide bonds. The number of carboxylic acids is 1. The van der Waals surface area contributed by atoms with Crippen molar-refractivity contribution in [2.45, 2.75) is 37.5 Å². The third-order valence-corrected chi connectivity index (χ3v) is 9.31. The van der Waals surface area contributed by atoms with E-state index >= 15 is 4.39 Å². The Kier molecular flexibility index (Phi) is 7.64. The number of carbonyl (C=O) groups is 1. The van der Waals surface area contributed by atoms with Crippen molar-refractivity contribution >= 4 is 27.3 Å². The number of hydrogen-bond acceptors (Lipinski definition) is 6. The standard InChI is InChI=1S/C31H25F3N4O4S2/c1-16-10-19(5-7-23(16)32)21-14-20(6-8-24(21)33)29-22(11-18-4-9-28(25(34)12-18)44(35,41)42)27(13-17-2-3-17)38(37-29)31-36-26(15-43-31)30(39)40/h4-10,12,14-15,17H,2-3,11,13H2,1H3,(H,39,40)(H2,35,41,42). The molecule has 0 unspecified atom stereocenters. The van der Waals surface area contributed by atoms with E-state index < -0.39 is 38.3 Å². The number of nitrogens with zero attached hydrogens (tertiary/aromatic N) is 3. The van der Waals surface area contributed by atoms with Crippen LogP contribution < -0.4 is 5.14 Å². The Morgan fingerprint density at radius 3 is 2.39 bits per heavy atom. The van der Waals surface area contributed by atoms with Crippen molar-refractivity contribution in [1.82, 2.24) is 14.8 Å². The Balaban J connectivity index is 1.55. The summed E-state index contributed by atoms with van der Waals surface area (Å²) in [7, 11) is -4.27. The highest BCUT2D eigenvalue weighted by molar-refractivity contribution is 7.89. The minimum atomic E-state index is -4.27. The first-order valence-electron chi connectivity index (χ1n) is 13.6. The highest BCUT2D eigenvalue weighted by atomic mass is 32.2. The lowest BCUT2D eigenvalue weighted by atomic mass is 9.94. The van der Waals surface area contributed by atoms with Crippen molar-refractivity contribution in [3.05, 3.63) is 106 Å². The third kappa shape index (κ3) is 5.90. The maximum Gasteiger partial charge on any atom is 0.355 e.